The summed E-state index contributed by atoms with van der Waals surface area (Å²) in [4.78, 5) is 4.38. The fourth-order valence-corrected chi connectivity index (χ4v) is 2.79. The third kappa shape index (κ3) is 2.57. The van der Waals surface area contributed by atoms with Crippen LogP contribution < -0.4 is 5.32 Å². The zero-order valence-corrected chi connectivity index (χ0v) is 11.5. The molecule has 2 nitrogen and oxygen atoms in total. The molecule has 1 unspecified atom stereocenters. The molecule has 1 aliphatic rings. The highest BCUT2D eigenvalue weighted by Gasteiger charge is 2.32. The molecule has 0 aromatic carbocycles. The topological polar surface area (TPSA) is 24.9 Å². The van der Waals surface area contributed by atoms with Gasteiger partial charge in [-0.3, -0.25) is 0 Å². The molecule has 1 aromatic heterocycles. The molecule has 1 fully saturated rings. The number of hydrogen-bond acceptors (Lipinski definition) is 2. The number of nitrogens with one attached hydrogen (secondary N) is 1. The van der Waals surface area contributed by atoms with Gasteiger partial charge in [-0.2, -0.15) is 0 Å². The minimum absolute atomic E-state index is 0.370. The first-order valence-electron chi connectivity index (χ1n) is 5.97. The standard InChI is InChI=1S/C13H19BrN2/c1-13(2)8-4-3-7-11(13)16-12-10(14)6-5-9-15-12/h5-6,9,11H,3-4,7-8H2,1-2H3,(H,15,16). The van der Waals surface area contributed by atoms with Crippen LogP contribution in [-0.4, -0.2) is 11.0 Å². The summed E-state index contributed by atoms with van der Waals surface area (Å²) < 4.78 is 1.05. The smallest absolute Gasteiger partial charge is 0.140 e. The van der Waals surface area contributed by atoms with E-state index in [0.717, 1.165) is 10.3 Å². The predicted octanol–water partition coefficient (Wildman–Crippen LogP) is 4.22. The molecular weight excluding hydrogens is 264 g/mol. The van der Waals surface area contributed by atoms with Gasteiger partial charge in [0, 0.05) is 12.2 Å². The number of pyridine rings is 1. The molecule has 0 bridgehead atoms. The van der Waals surface area contributed by atoms with Gasteiger partial charge < -0.3 is 5.32 Å². The quantitative estimate of drug-likeness (QED) is 0.878. The second-order valence-electron chi connectivity index (χ2n) is 5.27. The van der Waals surface area contributed by atoms with Crippen LogP contribution in [0.4, 0.5) is 5.82 Å². The molecule has 1 saturated carbocycles. The summed E-state index contributed by atoms with van der Waals surface area (Å²) in [7, 11) is 0. The first kappa shape index (κ1) is 11.9. The number of aromatic nitrogens is 1. The van der Waals surface area contributed by atoms with Crippen molar-refractivity contribution < 1.29 is 0 Å². The van der Waals surface area contributed by atoms with E-state index >= 15 is 0 Å². The van der Waals surface area contributed by atoms with Crippen molar-refractivity contribution in [3.05, 3.63) is 22.8 Å². The SMILES string of the molecule is CC1(C)CCCCC1Nc1ncccc1Br. The van der Waals surface area contributed by atoms with Gasteiger partial charge in [-0.1, -0.05) is 26.7 Å². The van der Waals surface area contributed by atoms with E-state index in [4.69, 9.17) is 0 Å². The minimum atomic E-state index is 0.370. The fourth-order valence-electron chi connectivity index (χ4n) is 2.42. The molecule has 0 amide bonds. The highest BCUT2D eigenvalue weighted by atomic mass is 79.9. The summed E-state index contributed by atoms with van der Waals surface area (Å²) in [5, 5.41) is 3.58. The summed E-state index contributed by atoms with van der Waals surface area (Å²) in [5.74, 6) is 0.975. The summed E-state index contributed by atoms with van der Waals surface area (Å²) in [6.45, 7) is 4.70. The lowest BCUT2D eigenvalue weighted by Crippen LogP contribution is -2.39. The van der Waals surface area contributed by atoms with Crippen LogP contribution in [0.3, 0.4) is 0 Å². The summed E-state index contributed by atoms with van der Waals surface area (Å²) in [5.41, 5.74) is 0.370. The molecule has 88 valence electrons. The average Bonchev–Trinajstić information content (AvgIpc) is 2.24. The van der Waals surface area contributed by atoms with Crippen molar-refractivity contribution in [1.82, 2.24) is 4.98 Å². The first-order chi connectivity index (χ1) is 7.59. The Morgan fingerprint density at radius 3 is 2.94 bits per heavy atom. The Balaban J connectivity index is 2.12. The number of nitrogens with zero attached hydrogens (tertiary/aromatic N) is 1. The van der Waals surface area contributed by atoms with Crippen LogP contribution in [0.15, 0.2) is 22.8 Å². The molecule has 3 heteroatoms. The van der Waals surface area contributed by atoms with Gasteiger partial charge in [0.15, 0.2) is 0 Å². The second-order valence-corrected chi connectivity index (χ2v) is 6.12. The highest BCUT2D eigenvalue weighted by Crippen LogP contribution is 2.37. The van der Waals surface area contributed by atoms with Crippen molar-refractivity contribution in [1.29, 1.82) is 0 Å². The van der Waals surface area contributed by atoms with E-state index in [2.05, 4.69) is 40.1 Å². The van der Waals surface area contributed by atoms with E-state index in [0.29, 0.717) is 11.5 Å². The maximum atomic E-state index is 4.38. The Bertz CT molecular complexity index is 363. The van der Waals surface area contributed by atoms with Gasteiger partial charge in [0.05, 0.1) is 4.47 Å². The van der Waals surface area contributed by atoms with E-state index < -0.39 is 0 Å². The maximum Gasteiger partial charge on any atom is 0.140 e. The molecule has 0 saturated heterocycles. The molecule has 0 radical (unpaired) electrons. The molecule has 0 spiro atoms. The van der Waals surface area contributed by atoms with Gasteiger partial charge >= 0.3 is 0 Å². The lowest BCUT2D eigenvalue weighted by atomic mass is 9.73. The van der Waals surface area contributed by atoms with Gasteiger partial charge in [-0.05, 0) is 46.3 Å². The first-order valence-corrected chi connectivity index (χ1v) is 6.76. The van der Waals surface area contributed by atoms with E-state index in [1.54, 1.807) is 0 Å². The van der Waals surface area contributed by atoms with Crippen LogP contribution in [0.5, 0.6) is 0 Å². The molecule has 1 aliphatic carbocycles. The lowest BCUT2D eigenvalue weighted by Gasteiger charge is -2.39. The molecular formula is C13H19BrN2. The number of hydrogen-bond donors (Lipinski definition) is 1. The van der Waals surface area contributed by atoms with Gasteiger partial charge in [0.25, 0.3) is 0 Å². The van der Waals surface area contributed by atoms with Crippen LogP contribution in [0.2, 0.25) is 0 Å². The molecule has 1 aromatic rings. The largest absolute Gasteiger partial charge is 0.366 e. The zero-order chi connectivity index (χ0) is 11.6. The van der Waals surface area contributed by atoms with Crippen LogP contribution >= 0.6 is 15.9 Å². The third-order valence-corrected chi connectivity index (χ3v) is 4.22. The normalized spacial score (nSPS) is 24.1. The predicted molar refractivity (Wildman–Crippen MR) is 71.6 cm³/mol. The van der Waals surface area contributed by atoms with Crippen molar-refractivity contribution in [2.24, 2.45) is 5.41 Å². The average molecular weight is 283 g/mol. The number of halogens is 1. The molecule has 1 atom stereocenters. The van der Waals surface area contributed by atoms with Gasteiger partial charge in [0.1, 0.15) is 5.82 Å². The number of rotatable bonds is 2. The van der Waals surface area contributed by atoms with E-state index in [9.17, 15) is 0 Å². The van der Waals surface area contributed by atoms with Gasteiger partial charge in [-0.15, -0.1) is 0 Å². The Morgan fingerprint density at radius 1 is 1.44 bits per heavy atom. The summed E-state index contributed by atoms with van der Waals surface area (Å²) in [6, 6.07) is 4.51. The van der Waals surface area contributed by atoms with Crippen LogP contribution in [0.25, 0.3) is 0 Å². The van der Waals surface area contributed by atoms with Crippen molar-refractivity contribution >= 4 is 21.7 Å². The molecule has 1 heterocycles. The third-order valence-electron chi connectivity index (χ3n) is 3.58. The Labute approximate surface area is 106 Å². The van der Waals surface area contributed by atoms with Gasteiger partial charge in [0.2, 0.25) is 0 Å². The van der Waals surface area contributed by atoms with Gasteiger partial charge in [-0.25, -0.2) is 4.98 Å². The molecule has 2 rings (SSSR count). The highest BCUT2D eigenvalue weighted by molar-refractivity contribution is 9.10. The molecule has 1 N–H and O–H groups in total. The summed E-state index contributed by atoms with van der Waals surface area (Å²) >= 11 is 3.54. The Hall–Kier alpha value is -0.570. The Morgan fingerprint density at radius 2 is 2.25 bits per heavy atom. The zero-order valence-electron chi connectivity index (χ0n) is 9.96. The van der Waals surface area contributed by atoms with E-state index in [1.165, 1.54) is 25.7 Å². The van der Waals surface area contributed by atoms with Crippen molar-refractivity contribution in [3.8, 4) is 0 Å². The monoisotopic (exact) mass is 282 g/mol. The lowest BCUT2D eigenvalue weighted by molar-refractivity contribution is 0.216. The van der Waals surface area contributed by atoms with Crippen molar-refractivity contribution in [3.63, 3.8) is 0 Å². The van der Waals surface area contributed by atoms with Crippen molar-refractivity contribution in [2.45, 2.75) is 45.6 Å². The molecule has 16 heavy (non-hydrogen) atoms. The molecule has 0 aliphatic heterocycles. The summed E-state index contributed by atoms with van der Waals surface area (Å²) in [6.07, 6.45) is 7.06. The fraction of sp³-hybridized carbons (Fsp3) is 0.615. The van der Waals surface area contributed by atoms with Crippen LogP contribution in [0.1, 0.15) is 39.5 Å². The Kier molecular flexibility index (Phi) is 3.53. The van der Waals surface area contributed by atoms with Crippen molar-refractivity contribution in [2.75, 3.05) is 5.32 Å². The maximum absolute atomic E-state index is 4.38. The second kappa shape index (κ2) is 4.74. The van der Waals surface area contributed by atoms with Crippen LogP contribution in [-0.2, 0) is 0 Å². The van der Waals surface area contributed by atoms with E-state index in [-0.39, 0.29) is 0 Å². The number of anilines is 1. The van der Waals surface area contributed by atoms with Crippen LogP contribution in [0, 0.1) is 5.41 Å². The minimum Gasteiger partial charge on any atom is -0.366 e. The van der Waals surface area contributed by atoms with E-state index in [1.807, 2.05) is 18.3 Å².